The Hall–Kier alpha value is -1.42. The molecule has 4 heteroatoms. The van der Waals surface area contributed by atoms with Crippen LogP contribution < -0.4 is 5.73 Å². The van der Waals surface area contributed by atoms with E-state index in [1.54, 1.807) is 10.8 Å². The second kappa shape index (κ2) is 3.98. The minimum absolute atomic E-state index is 0.258. The lowest BCUT2D eigenvalue weighted by Crippen LogP contribution is -2.04. The van der Waals surface area contributed by atoms with E-state index in [0.29, 0.717) is 6.54 Å². The van der Waals surface area contributed by atoms with Gasteiger partial charge in [-0.15, -0.1) is 0 Å². The van der Waals surface area contributed by atoms with E-state index in [1.165, 1.54) is 0 Å². The van der Waals surface area contributed by atoms with E-state index < -0.39 is 6.43 Å². The van der Waals surface area contributed by atoms with E-state index in [-0.39, 0.29) is 6.54 Å². The average molecular weight is 210 g/mol. The van der Waals surface area contributed by atoms with Crippen molar-refractivity contribution in [2.45, 2.75) is 19.5 Å². The Labute approximate surface area is 86.3 Å². The Balaban J connectivity index is 2.43. The average Bonchev–Trinajstić information content (AvgIpc) is 2.60. The van der Waals surface area contributed by atoms with Gasteiger partial charge >= 0.3 is 0 Å². The van der Waals surface area contributed by atoms with Gasteiger partial charge in [0.1, 0.15) is 0 Å². The fourth-order valence-corrected chi connectivity index (χ4v) is 1.68. The molecule has 2 aromatic rings. The molecule has 80 valence electrons. The van der Waals surface area contributed by atoms with E-state index in [1.807, 2.05) is 24.3 Å². The van der Waals surface area contributed by atoms with Gasteiger partial charge in [0.05, 0.1) is 6.54 Å². The first-order valence-electron chi connectivity index (χ1n) is 4.76. The highest BCUT2D eigenvalue weighted by Crippen LogP contribution is 2.18. The van der Waals surface area contributed by atoms with Gasteiger partial charge in [-0.05, 0) is 29.1 Å². The maximum absolute atomic E-state index is 12.2. The zero-order chi connectivity index (χ0) is 10.8. The van der Waals surface area contributed by atoms with Crippen LogP contribution in [-0.4, -0.2) is 11.0 Å². The topological polar surface area (TPSA) is 30.9 Å². The van der Waals surface area contributed by atoms with E-state index >= 15 is 0 Å². The minimum Gasteiger partial charge on any atom is -0.342 e. The number of fused-ring (bicyclic) bond motifs is 1. The Bertz CT molecular complexity index is 463. The molecule has 2 N–H and O–H groups in total. The molecule has 0 unspecified atom stereocenters. The number of nitrogens with zero attached hydrogens (tertiary/aromatic N) is 1. The van der Waals surface area contributed by atoms with Crippen LogP contribution in [0.15, 0.2) is 30.5 Å². The summed E-state index contributed by atoms with van der Waals surface area (Å²) in [5.41, 5.74) is 7.34. The van der Waals surface area contributed by atoms with Crippen molar-refractivity contribution in [2.75, 3.05) is 0 Å². The van der Waals surface area contributed by atoms with Crippen LogP contribution in [0.2, 0.25) is 0 Å². The first-order chi connectivity index (χ1) is 7.20. The van der Waals surface area contributed by atoms with Crippen molar-refractivity contribution in [3.8, 4) is 0 Å². The molecule has 0 fully saturated rings. The summed E-state index contributed by atoms with van der Waals surface area (Å²) < 4.78 is 26.0. The van der Waals surface area contributed by atoms with Gasteiger partial charge < -0.3 is 10.3 Å². The van der Waals surface area contributed by atoms with E-state index in [0.717, 1.165) is 16.5 Å². The quantitative estimate of drug-likeness (QED) is 0.828. The van der Waals surface area contributed by atoms with Crippen molar-refractivity contribution >= 4 is 10.9 Å². The van der Waals surface area contributed by atoms with Crippen LogP contribution >= 0.6 is 0 Å². The molecule has 0 bridgehead atoms. The first kappa shape index (κ1) is 10.1. The minimum atomic E-state index is -2.32. The van der Waals surface area contributed by atoms with Gasteiger partial charge in [-0.1, -0.05) is 6.07 Å². The lowest BCUT2D eigenvalue weighted by Gasteiger charge is -2.04. The summed E-state index contributed by atoms with van der Waals surface area (Å²) in [7, 11) is 0. The third-order valence-corrected chi connectivity index (χ3v) is 2.41. The van der Waals surface area contributed by atoms with Gasteiger partial charge in [0.25, 0.3) is 6.43 Å². The summed E-state index contributed by atoms with van der Waals surface area (Å²) in [6, 6.07) is 7.46. The molecule has 0 saturated carbocycles. The van der Waals surface area contributed by atoms with Gasteiger partial charge in [-0.25, -0.2) is 8.78 Å². The van der Waals surface area contributed by atoms with Crippen molar-refractivity contribution in [1.82, 2.24) is 4.57 Å². The van der Waals surface area contributed by atoms with Crippen molar-refractivity contribution in [2.24, 2.45) is 5.73 Å². The molecule has 0 spiro atoms. The Morgan fingerprint density at radius 1 is 1.27 bits per heavy atom. The first-order valence-corrected chi connectivity index (χ1v) is 4.76. The number of halogens is 2. The van der Waals surface area contributed by atoms with Crippen LogP contribution in [0.3, 0.4) is 0 Å². The number of rotatable bonds is 3. The molecule has 1 aromatic carbocycles. The predicted molar refractivity (Wildman–Crippen MR) is 55.8 cm³/mol. The second-order valence-electron chi connectivity index (χ2n) is 3.46. The summed E-state index contributed by atoms with van der Waals surface area (Å²) >= 11 is 0. The van der Waals surface area contributed by atoms with Crippen LogP contribution in [0.25, 0.3) is 10.9 Å². The summed E-state index contributed by atoms with van der Waals surface area (Å²) in [6.45, 7) is 0.210. The normalized spacial score (nSPS) is 11.5. The van der Waals surface area contributed by atoms with Crippen LogP contribution in [0.5, 0.6) is 0 Å². The van der Waals surface area contributed by atoms with Crippen molar-refractivity contribution in [3.63, 3.8) is 0 Å². The van der Waals surface area contributed by atoms with Crippen LogP contribution in [-0.2, 0) is 13.1 Å². The summed E-state index contributed by atoms with van der Waals surface area (Å²) in [5, 5.41) is 0.957. The second-order valence-corrected chi connectivity index (χ2v) is 3.46. The largest absolute Gasteiger partial charge is 0.342 e. The molecule has 0 radical (unpaired) electrons. The Morgan fingerprint density at radius 2 is 2.07 bits per heavy atom. The number of hydrogen-bond donors (Lipinski definition) is 1. The molecule has 0 saturated heterocycles. The summed E-state index contributed by atoms with van der Waals surface area (Å²) in [6.07, 6.45) is -0.647. The van der Waals surface area contributed by atoms with E-state index in [9.17, 15) is 8.78 Å². The van der Waals surface area contributed by atoms with Crippen LogP contribution in [0.1, 0.15) is 5.56 Å². The number of aromatic nitrogens is 1. The van der Waals surface area contributed by atoms with E-state index in [2.05, 4.69) is 0 Å². The molecule has 0 aliphatic heterocycles. The molecular formula is C11H12F2N2. The smallest absolute Gasteiger partial charge is 0.256 e. The Kier molecular flexibility index (Phi) is 2.68. The molecular weight excluding hydrogens is 198 g/mol. The zero-order valence-corrected chi connectivity index (χ0v) is 8.16. The molecule has 0 aliphatic rings. The number of alkyl halides is 2. The van der Waals surface area contributed by atoms with Crippen molar-refractivity contribution in [3.05, 3.63) is 36.0 Å². The van der Waals surface area contributed by atoms with Crippen LogP contribution in [0.4, 0.5) is 8.78 Å². The lowest BCUT2D eigenvalue weighted by atomic mass is 10.1. The van der Waals surface area contributed by atoms with E-state index in [4.69, 9.17) is 5.73 Å². The van der Waals surface area contributed by atoms with Gasteiger partial charge in [0.15, 0.2) is 0 Å². The maximum Gasteiger partial charge on any atom is 0.256 e. The molecule has 0 aliphatic carbocycles. The molecule has 1 aromatic heterocycles. The number of hydrogen-bond acceptors (Lipinski definition) is 1. The fourth-order valence-electron chi connectivity index (χ4n) is 1.68. The number of benzene rings is 1. The lowest BCUT2D eigenvalue weighted by molar-refractivity contribution is 0.128. The number of nitrogens with two attached hydrogens (primary N) is 1. The molecule has 2 nitrogen and oxygen atoms in total. The Morgan fingerprint density at radius 3 is 2.73 bits per heavy atom. The van der Waals surface area contributed by atoms with Gasteiger partial charge in [0.2, 0.25) is 0 Å². The monoisotopic (exact) mass is 210 g/mol. The molecule has 1 heterocycles. The predicted octanol–water partition coefficient (Wildman–Crippen LogP) is 2.37. The highest BCUT2D eigenvalue weighted by molar-refractivity contribution is 5.80. The van der Waals surface area contributed by atoms with Crippen LogP contribution in [0, 0.1) is 0 Å². The molecule has 0 atom stereocenters. The molecule has 15 heavy (non-hydrogen) atoms. The fraction of sp³-hybridized carbons (Fsp3) is 0.273. The highest BCUT2D eigenvalue weighted by atomic mass is 19.3. The van der Waals surface area contributed by atoms with Crippen molar-refractivity contribution in [1.29, 1.82) is 0 Å². The molecule has 2 rings (SSSR count). The third-order valence-electron chi connectivity index (χ3n) is 2.41. The standard InChI is InChI=1S/C11H12F2N2/c12-11(13)7-15-4-3-9-5-8(6-14)1-2-10(9)15/h1-5,11H,6-7,14H2. The summed E-state index contributed by atoms with van der Waals surface area (Å²) in [5.74, 6) is 0. The summed E-state index contributed by atoms with van der Waals surface area (Å²) in [4.78, 5) is 0. The van der Waals surface area contributed by atoms with Gasteiger partial charge in [-0.2, -0.15) is 0 Å². The van der Waals surface area contributed by atoms with Gasteiger partial charge in [-0.3, -0.25) is 0 Å². The third kappa shape index (κ3) is 1.99. The van der Waals surface area contributed by atoms with Gasteiger partial charge in [0, 0.05) is 18.3 Å². The molecule has 0 amide bonds. The zero-order valence-electron chi connectivity index (χ0n) is 8.16. The SMILES string of the molecule is NCc1ccc2c(ccn2CC(F)F)c1. The maximum atomic E-state index is 12.2. The highest BCUT2D eigenvalue weighted by Gasteiger charge is 2.07. The van der Waals surface area contributed by atoms with Crippen molar-refractivity contribution < 1.29 is 8.78 Å².